The molecule has 4 nitrogen and oxygen atoms in total. The van der Waals surface area contributed by atoms with Crippen LogP contribution in [0.2, 0.25) is 0 Å². The second kappa shape index (κ2) is 6.04. The number of rotatable bonds is 5. The number of nitrogens with one attached hydrogen (secondary N) is 1. The maximum atomic E-state index is 11.9. The highest BCUT2D eigenvalue weighted by atomic mass is 32.2. The topological polar surface area (TPSA) is 70.0 Å². The van der Waals surface area contributed by atoms with E-state index in [1.807, 2.05) is 10.8 Å². The van der Waals surface area contributed by atoms with Gasteiger partial charge in [-0.15, -0.1) is 0 Å². The molecule has 0 aliphatic carbocycles. The van der Waals surface area contributed by atoms with Gasteiger partial charge in [0.15, 0.2) is 0 Å². The molecule has 1 aromatic carbocycles. The average molecular weight is 292 g/mol. The summed E-state index contributed by atoms with van der Waals surface area (Å²) in [5, 5.41) is 8.45. The second-order valence-corrected chi connectivity index (χ2v) is 5.51. The molecule has 0 aromatic heterocycles. The summed E-state index contributed by atoms with van der Waals surface area (Å²) in [7, 11) is -3.95. The molecule has 8 heteroatoms. The summed E-state index contributed by atoms with van der Waals surface area (Å²) in [5.41, 5.74) is 0.636. The molecule has 104 valence electrons. The Balaban J connectivity index is 2.70. The number of hydrogen-bond acceptors (Lipinski definition) is 3. The molecule has 0 radical (unpaired) electrons. The monoisotopic (exact) mass is 292 g/mol. The van der Waals surface area contributed by atoms with Gasteiger partial charge in [0.1, 0.15) is 0 Å². The molecule has 0 aliphatic rings. The van der Waals surface area contributed by atoms with Crippen LogP contribution in [-0.4, -0.2) is 21.1 Å². The Bertz CT molecular complexity index is 559. The second-order valence-electron chi connectivity index (χ2n) is 3.74. The van der Waals surface area contributed by atoms with E-state index in [9.17, 15) is 21.6 Å². The van der Waals surface area contributed by atoms with Crippen LogP contribution in [0.1, 0.15) is 12.0 Å². The Kier molecular flexibility index (Phi) is 4.91. The number of alkyl halides is 3. The predicted octanol–water partition coefficient (Wildman–Crippen LogP) is 1.98. The number of nitriles is 1. The Morgan fingerprint density at radius 3 is 2.26 bits per heavy atom. The minimum atomic E-state index is -4.40. The van der Waals surface area contributed by atoms with Crippen molar-refractivity contribution in [1.29, 1.82) is 5.26 Å². The summed E-state index contributed by atoms with van der Waals surface area (Å²) in [4.78, 5) is -0.128. The quantitative estimate of drug-likeness (QED) is 0.902. The molecule has 0 spiro atoms. The summed E-state index contributed by atoms with van der Waals surface area (Å²) < 4.78 is 60.9. The largest absolute Gasteiger partial charge is 0.390 e. The SMILES string of the molecule is N#CCc1ccc(S(=O)(=O)NCCC(F)(F)F)cc1. The van der Waals surface area contributed by atoms with Crippen molar-refractivity contribution in [2.24, 2.45) is 0 Å². The Hall–Kier alpha value is -1.59. The van der Waals surface area contributed by atoms with Gasteiger partial charge in [-0.25, -0.2) is 13.1 Å². The molecule has 19 heavy (non-hydrogen) atoms. The normalized spacial score (nSPS) is 12.1. The average Bonchev–Trinajstić information content (AvgIpc) is 2.28. The van der Waals surface area contributed by atoms with Crippen LogP contribution in [0, 0.1) is 11.3 Å². The van der Waals surface area contributed by atoms with Gasteiger partial charge >= 0.3 is 6.18 Å². The molecule has 1 aromatic rings. The molecule has 0 unspecified atom stereocenters. The zero-order chi connectivity index (χ0) is 14.5. The highest BCUT2D eigenvalue weighted by Gasteiger charge is 2.27. The van der Waals surface area contributed by atoms with Gasteiger partial charge in [0.05, 0.1) is 23.8 Å². The van der Waals surface area contributed by atoms with Crippen molar-refractivity contribution >= 4 is 10.0 Å². The maximum absolute atomic E-state index is 11.9. The number of nitrogens with zero attached hydrogens (tertiary/aromatic N) is 1. The highest BCUT2D eigenvalue weighted by Crippen LogP contribution is 2.19. The van der Waals surface area contributed by atoms with Gasteiger partial charge in [0, 0.05) is 6.54 Å². The molecule has 0 fully saturated rings. The Morgan fingerprint density at radius 2 is 1.79 bits per heavy atom. The molecule has 0 amide bonds. The highest BCUT2D eigenvalue weighted by molar-refractivity contribution is 7.89. The molecule has 1 rings (SSSR count). The van der Waals surface area contributed by atoms with Crippen molar-refractivity contribution in [2.75, 3.05) is 6.54 Å². The van der Waals surface area contributed by atoms with Gasteiger partial charge in [0.2, 0.25) is 10.0 Å². The van der Waals surface area contributed by atoms with Crippen LogP contribution >= 0.6 is 0 Å². The first-order valence-corrected chi connectivity index (χ1v) is 6.75. The van der Waals surface area contributed by atoms with Gasteiger partial charge in [-0.3, -0.25) is 0 Å². The van der Waals surface area contributed by atoms with Crippen LogP contribution in [0.25, 0.3) is 0 Å². The lowest BCUT2D eigenvalue weighted by atomic mass is 10.2. The first-order valence-electron chi connectivity index (χ1n) is 5.27. The fourth-order valence-electron chi connectivity index (χ4n) is 1.29. The van der Waals surface area contributed by atoms with Crippen LogP contribution in [0.5, 0.6) is 0 Å². The third kappa shape index (κ3) is 5.28. The van der Waals surface area contributed by atoms with E-state index in [1.54, 1.807) is 0 Å². The number of halogens is 3. The van der Waals surface area contributed by atoms with Crippen LogP contribution < -0.4 is 4.72 Å². The van der Waals surface area contributed by atoms with E-state index in [1.165, 1.54) is 24.3 Å². The van der Waals surface area contributed by atoms with E-state index in [2.05, 4.69) is 0 Å². The zero-order valence-electron chi connectivity index (χ0n) is 9.74. The van der Waals surface area contributed by atoms with Gasteiger partial charge in [-0.05, 0) is 17.7 Å². The van der Waals surface area contributed by atoms with Crippen molar-refractivity contribution < 1.29 is 21.6 Å². The third-order valence-electron chi connectivity index (χ3n) is 2.22. The Labute approximate surface area is 108 Å². The number of benzene rings is 1. The van der Waals surface area contributed by atoms with E-state index in [4.69, 9.17) is 5.26 Å². The molecule has 0 aliphatic heterocycles. The summed E-state index contributed by atoms with van der Waals surface area (Å²) in [6, 6.07) is 7.30. The van der Waals surface area contributed by atoms with E-state index in [0.717, 1.165) is 0 Å². The minimum Gasteiger partial charge on any atom is -0.211 e. The molecular weight excluding hydrogens is 281 g/mol. The molecule has 0 saturated carbocycles. The lowest BCUT2D eigenvalue weighted by molar-refractivity contribution is -0.132. The minimum absolute atomic E-state index is 0.128. The summed E-state index contributed by atoms with van der Waals surface area (Å²) in [6.07, 6.45) is -5.49. The van der Waals surface area contributed by atoms with Crippen molar-refractivity contribution in [3.8, 4) is 6.07 Å². The van der Waals surface area contributed by atoms with Crippen molar-refractivity contribution in [3.05, 3.63) is 29.8 Å². The van der Waals surface area contributed by atoms with Gasteiger partial charge in [-0.1, -0.05) is 12.1 Å². The summed E-state index contributed by atoms with van der Waals surface area (Å²) in [6.45, 7) is -0.703. The zero-order valence-corrected chi connectivity index (χ0v) is 10.6. The fourth-order valence-corrected chi connectivity index (χ4v) is 2.32. The molecule has 0 saturated heterocycles. The van der Waals surface area contributed by atoms with E-state index in [-0.39, 0.29) is 11.3 Å². The lowest BCUT2D eigenvalue weighted by Gasteiger charge is -2.09. The predicted molar refractivity (Wildman–Crippen MR) is 61.6 cm³/mol. The molecule has 0 atom stereocenters. The van der Waals surface area contributed by atoms with E-state index >= 15 is 0 Å². The van der Waals surface area contributed by atoms with Crippen molar-refractivity contribution in [2.45, 2.75) is 23.9 Å². The number of sulfonamides is 1. The lowest BCUT2D eigenvalue weighted by Crippen LogP contribution is -2.28. The van der Waals surface area contributed by atoms with Crippen LogP contribution in [0.15, 0.2) is 29.2 Å². The van der Waals surface area contributed by atoms with E-state index in [0.29, 0.717) is 5.56 Å². The smallest absolute Gasteiger partial charge is 0.211 e. The number of hydrogen-bond donors (Lipinski definition) is 1. The summed E-state index contributed by atoms with van der Waals surface area (Å²) in [5.74, 6) is 0. The molecule has 0 heterocycles. The third-order valence-corrected chi connectivity index (χ3v) is 3.69. The first kappa shape index (κ1) is 15.5. The van der Waals surface area contributed by atoms with E-state index < -0.39 is 29.2 Å². The molecular formula is C11H11F3N2O2S. The van der Waals surface area contributed by atoms with Crippen LogP contribution in [0.3, 0.4) is 0 Å². The van der Waals surface area contributed by atoms with Crippen LogP contribution in [0.4, 0.5) is 13.2 Å². The Morgan fingerprint density at radius 1 is 1.21 bits per heavy atom. The standard InChI is InChI=1S/C11H11F3N2O2S/c12-11(13,14)6-8-16-19(17,18)10-3-1-9(2-4-10)5-7-15/h1-4,16H,5-6,8H2. The summed E-state index contributed by atoms with van der Waals surface area (Å²) >= 11 is 0. The van der Waals surface area contributed by atoms with Gasteiger partial charge in [0.25, 0.3) is 0 Å². The molecule has 0 bridgehead atoms. The van der Waals surface area contributed by atoms with Crippen molar-refractivity contribution in [3.63, 3.8) is 0 Å². The maximum Gasteiger partial charge on any atom is 0.390 e. The molecule has 1 N–H and O–H groups in total. The van der Waals surface area contributed by atoms with Crippen molar-refractivity contribution in [1.82, 2.24) is 4.72 Å². The van der Waals surface area contributed by atoms with Gasteiger partial charge in [-0.2, -0.15) is 18.4 Å². The van der Waals surface area contributed by atoms with Gasteiger partial charge < -0.3 is 0 Å². The fraction of sp³-hybridized carbons (Fsp3) is 0.364. The first-order chi connectivity index (χ1) is 8.74. The van der Waals surface area contributed by atoms with Crippen LogP contribution in [-0.2, 0) is 16.4 Å².